The highest BCUT2D eigenvalue weighted by molar-refractivity contribution is 6.35. The van der Waals surface area contributed by atoms with Crippen molar-refractivity contribution in [3.63, 3.8) is 0 Å². The van der Waals surface area contributed by atoms with Crippen molar-refractivity contribution in [3.05, 3.63) is 105 Å². The number of fused-ring (bicyclic) bond motifs is 1. The van der Waals surface area contributed by atoms with Crippen LogP contribution in [0.5, 0.6) is 0 Å². The van der Waals surface area contributed by atoms with Gasteiger partial charge in [0.25, 0.3) is 11.8 Å². The van der Waals surface area contributed by atoms with Gasteiger partial charge in [-0.2, -0.15) is 5.26 Å². The van der Waals surface area contributed by atoms with E-state index in [9.17, 15) is 24.4 Å². The molecule has 2 aliphatic carbocycles. The Bertz CT molecular complexity index is 2250. The molecular weight excluding hydrogens is 769 g/mol. The number of anilines is 2. The number of nitrogens with one attached hydrogen (secondary N) is 4. The molecule has 0 bridgehead atoms. The van der Waals surface area contributed by atoms with Gasteiger partial charge in [-0.05, 0) is 101 Å². The molecule has 16 heteroatoms. The summed E-state index contributed by atoms with van der Waals surface area (Å²) in [7, 11) is 0. The maximum absolute atomic E-state index is 14.4. The fourth-order valence-corrected chi connectivity index (χ4v) is 7.57. The molecule has 2 saturated carbocycles. The first-order valence-electron chi connectivity index (χ1n) is 18.7. The molecule has 4 amide bonds. The number of pyridine rings is 1. The quantitative estimate of drug-likeness (QED) is 0.122. The second-order valence-corrected chi connectivity index (χ2v) is 16.9. The standard InChI is InChI=1S/C41H43Cl2N9O5/c1-38(2,3)57-37(56)46-16-15-45-22-27-9-10-32(47-23-27)40(11-12-40)50-34(54)41(13-14-41)49-33(53)31-24-48-36-51(30-18-28(42)17-29(43)19-30)35(55)39(4,52(31)36)20-25-5-7-26(21-44)8-6-25/h5-10,17-19,23-24,45H,11-16,20,22H2,1-4H3,(H,46,56)(H,49,53)(H,50,54). The van der Waals surface area contributed by atoms with E-state index in [2.05, 4.69) is 37.3 Å². The molecule has 0 radical (unpaired) electrons. The van der Waals surface area contributed by atoms with E-state index in [1.54, 1.807) is 60.2 Å². The molecule has 3 aliphatic rings. The summed E-state index contributed by atoms with van der Waals surface area (Å²) < 4.78 is 6.85. The summed E-state index contributed by atoms with van der Waals surface area (Å²) in [5, 5.41) is 22.1. The molecule has 0 saturated heterocycles. The van der Waals surface area contributed by atoms with E-state index in [1.807, 2.05) is 32.9 Å². The number of carbonyl (C=O) groups is 4. The Hall–Kier alpha value is -5.49. The van der Waals surface area contributed by atoms with Crippen LogP contribution in [-0.4, -0.2) is 62.6 Å². The van der Waals surface area contributed by atoms with Gasteiger partial charge < -0.3 is 26.0 Å². The first-order valence-corrected chi connectivity index (χ1v) is 19.5. The predicted octanol–water partition coefficient (Wildman–Crippen LogP) is 5.77. The Kier molecular flexibility index (Phi) is 10.5. The summed E-state index contributed by atoms with van der Waals surface area (Å²) in [4.78, 5) is 65.0. The minimum Gasteiger partial charge on any atom is -0.444 e. The number of aromatic nitrogens is 3. The second-order valence-electron chi connectivity index (χ2n) is 16.0. The lowest BCUT2D eigenvalue weighted by Gasteiger charge is -2.27. The molecule has 4 N–H and O–H groups in total. The Labute approximate surface area is 340 Å². The lowest BCUT2D eigenvalue weighted by atomic mass is 9.91. The highest BCUT2D eigenvalue weighted by atomic mass is 35.5. The minimum atomic E-state index is -1.33. The molecule has 57 heavy (non-hydrogen) atoms. The lowest BCUT2D eigenvalue weighted by Crippen LogP contribution is -2.52. The smallest absolute Gasteiger partial charge is 0.407 e. The lowest BCUT2D eigenvalue weighted by molar-refractivity contribution is -0.125. The van der Waals surface area contributed by atoms with Crippen LogP contribution in [0.15, 0.2) is 67.0 Å². The average molecular weight is 813 g/mol. The van der Waals surface area contributed by atoms with Gasteiger partial charge >= 0.3 is 6.09 Å². The molecule has 3 heterocycles. The van der Waals surface area contributed by atoms with Crippen LogP contribution in [0.4, 0.5) is 16.4 Å². The normalized spacial score (nSPS) is 18.6. The van der Waals surface area contributed by atoms with Gasteiger partial charge in [0, 0.05) is 42.3 Å². The Morgan fingerprint density at radius 1 is 0.912 bits per heavy atom. The maximum Gasteiger partial charge on any atom is 0.407 e. The average Bonchev–Trinajstić information content (AvgIpc) is 4.06. The number of halogens is 2. The van der Waals surface area contributed by atoms with Crippen LogP contribution in [0.25, 0.3) is 0 Å². The zero-order chi connectivity index (χ0) is 40.8. The molecule has 7 rings (SSSR count). The van der Waals surface area contributed by atoms with Gasteiger partial charge in [0.15, 0.2) is 0 Å². The number of amides is 4. The van der Waals surface area contributed by atoms with Gasteiger partial charge in [-0.25, -0.2) is 14.7 Å². The molecule has 2 aromatic carbocycles. The van der Waals surface area contributed by atoms with E-state index in [4.69, 9.17) is 27.9 Å². The molecule has 14 nitrogen and oxygen atoms in total. The highest BCUT2D eigenvalue weighted by Crippen LogP contribution is 2.47. The van der Waals surface area contributed by atoms with Crippen molar-refractivity contribution in [3.8, 4) is 6.07 Å². The van der Waals surface area contributed by atoms with Gasteiger partial charge in [-0.1, -0.05) is 41.4 Å². The summed E-state index contributed by atoms with van der Waals surface area (Å²) in [6.45, 7) is 8.65. The van der Waals surface area contributed by atoms with Gasteiger partial charge in [-0.15, -0.1) is 0 Å². The zero-order valence-electron chi connectivity index (χ0n) is 32.0. The van der Waals surface area contributed by atoms with Crippen molar-refractivity contribution in [1.29, 1.82) is 5.26 Å². The van der Waals surface area contributed by atoms with E-state index < -0.39 is 34.2 Å². The summed E-state index contributed by atoms with van der Waals surface area (Å²) in [6.07, 6.45) is 5.18. The minimum absolute atomic E-state index is 0.108. The monoisotopic (exact) mass is 811 g/mol. The number of alkyl carbamates (subject to hydrolysis) is 1. The van der Waals surface area contributed by atoms with Crippen LogP contribution in [-0.2, 0) is 38.4 Å². The molecule has 2 aromatic heterocycles. The van der Waals surface area contributed by atoms with E-state index >= 15 is 0 Å². The number of hydrogen-bond acceptors (Lipinski definition) is 9. The third-order valence-electron chi connectivity index (χ3n) is 10.3. The van der Waals surface area contributed by atoms with Crippen molar-refractivity contribution in [2.75, 3.05) is 18.0 Å². The van der Waals surface area contributed by atoms with E-state index in [0.717, 1.165) is 16.8 Å². The zero-order valence-corrected chi connectivity index (χ0v) is 33.6. The molecule has 1 atom stereocenters. The molecule has 1 aliphatic heterocycles. The van der Waals surface area contributed by atoms with Crippen molar-refractivity contribution >= 4 is 58.7 Å². The number of benzene rings is 2. The molecule has 0 spiro atoms. The summed E-state index contributed by atoms with van der Waals surface area (Å²) in [5.41, 5.74) is -0.247. The van der Waals surface area contributed by atoms with Crippen LogP contribution < -0.4 is 26.2 Å². The molecule has 1 unspecified atom stereocenters. The number of nitriles is 1. The Balaban J connectivity index is 1.04. The topological polar surface area (TPSA) is 183 Å². The highest BCUT2D eigenvalue weighted by Gasteiger charge is 2.57. The first kappa shape index (κ1) is 39.7. The van der Waals surface area contributed by atoms with Crippen molar-refractivity contribution in [1.82, 2.24) is 35.8 Å². The number of imidazole rings is 1. The molecule has 296 valence electrons. The Morgan fingerprint density at radius 2 is 1.60 bits per heavy atom. The number of carbonyl (C=O) groups excluding carboxylic acids is 4. The fraction of sp³-hybridized carbons (Fsp3) is 0.390. The maximum atomic E-state index is 14.4. The van der Waals surface area contributed by atoms with E-state index in [0.29, 0.717) is 66.6 Å². The SMILES string of the molecule is CC(C)(C)OC(=O)NCCNCc1ccc(C2(NC(=O)C3(NC(=O)c4cnc5n4C(C)(Cc4ccc(C#N)cc4)C(=O)N5c4cc(Cl)cc(Cl)c4)CC3)CC2)nc1. The Morgan fingerprint density at radius 3 is 2.19 bits per heavy atom. The summed E-state index contributed by atoms with van der Waals surface area (Å²) >= 11 is 12.7. The van der Waals surface area contributed by atoms with Crippen LogP contribution in [0.3, 0.4) is 0 Å². The summed E-state index contributed by atoms with van der Waals surface area (Å²) in [5.74, 6) is -1.01. The van der Waals surface area contributed by atoms with Gasteiger partial charge in [-0.3, -0.25) is 23.9 Å². The number of ether oxygens (including phenoxy) is 1. The fourth-order valence-electron chi connectivity index (χ4n) is 7.06. The van der Waals surface area contributed by atoms with E-state index in [1.165, 1.54) is 11.1 Å². The van der Waals surface area contributed by atoms with Crippen molar-refractivity contribution < 1.29 is 23.9 Å². The first-order chi connectivity index (χ1) is 27.0. The van der Waals surface area contributed by atoms with Crippen molar-refractivity contribution in [2.24, 2.45) is 0 Å². The van der Waals surface area contributed by atoms with Gasteiger partial charge in [0.1, 0.15) is 22.4 Å². The number of nitrogens with zero attached hydrogens (tertiary/aromatic N) is 5. The van der Waals surface area contributed by atoms with Gasteiger partial charge in [0.2, 0.25) is 11.9 Å². The number of rotatable bonds is 13. The van der Waals surface area contributed by atoms with Gasteiger partial charge in [0.05, 0.1) is 34.7 Å². The number of hydrogen-bond donors (Lipinski definition) is 4. The van der Waals surface area contributed by atoms with Crippen molar-refractivity contribution in [2.45, 2.75) is 88.6 Å². The molecule has 4 aromatic rings. The van der Waals surface area contributed by atoms with Crippen LogP contribution in [0, 0.1) is 11.3 Å². The second kappa shape index (κ2) is 15.1. The van der Waals surface area contributed by atoms with Crippen LogP contribution >= 0.6 is 23.2 Å². The predicted molar refractivity (Wildman–Crippen MR) is 213 cm³/mol. The van der Waals surface area contributed by atoms with E-state index in [-0.39, 0.29) is 29.9 Å². The van der Waals surface area contributed by atoms with Crippen LogP contribution in [0.1, 0.15) is 86.3 Å². The molecule has 2 fully saturated rings. The third-order valence-corrected chi connectivity index (χ3v) is 10.8. The van der Waals surface area contributed by atoms with Crippen LogP contribution in [0.2, 0.25) is 10.0 Å². The summed E-state index contributed by atoms with van der Waals surface area (Å²) in [6, 6.07) is 17.6. The largest absolute Gasteiger partial charge is 0.444 e. The third kappa shape index (κ3) is 8.32. The molecular formula is C41H43Cl2N9O5.